The number of rotatable bonds is 7. The molecule has 2 nitrogen and oxygen atoms in total. The quantitative estimate of drug-likeness (QED) is 0.740. The van der Waals surface area contributed by atoms with Crippen LogP contribution in [0.4, 0.5) is 0 Å². The Bertz CT molecular complexity index is 193. The average molecular weight is 240 g/mol. The Morgan fingerprint density at radius 2 is 2.06 bits per heavy atom. The van der Waals surface area contributed by atoms with Crippen LogP contribution in [0, 0.1) is 11.8 Å². The van der Waals surface area contributed by atoms with E-state index < -0.39 is 0 Å². The third-order valence-corrected chi connectivity index (χ3v) is 4.71. The van der Waals surface area contributed by atoms with E-state index in [1.165, 1.54) is 51.6 Å². The van der Waals surface area contributed by atoms with E-state index in [0.29, 0.717) is 0 Å². The predicted octanol–water partition coefficient (Wildman–Crippen LogP) is 3.26. The molecular formula is C15H32N2. The van der Waals surface area contributed by atoms with Gasteiger partial charge in [-0.15, -0.1) is 0 Å². The number of likely N-dealkylation sites (tertiary alicyclic amines) is 1. The molecule has 0 saturated carbocycles. The van der Waals surface area contributed by atoms with Gasteiger partial charge in [-0.25, -0.2) is 0 Å². The van der Waals surface area contributed by atoms with Crippen molar-refractivity contribution in [1.29, 1.82) is 0 Å². The predicted molar refractivity (Wildman–Crippen MR) is 76.1 cm³/mol. The molecule has 1 aliphatic rings. The molecular weight excluding hydrogens is 208 g/mol. The van der Waals surface area contributed by atoms with Crippen molar-refractivity contribution in [1.82, 2.24) is 4.90 Å². The largest absolute Gasteiger partial charge is 0.330 e. The van der Waals surface area contributed by atoms with E-state index in [1.54, 1.807) is 0 Å². The van der Waals surface area contributed by atoms with Crippen molar-refractivity contribution in [3.63, 3.8) is 0 Å². The molecule has 0 aromatic carbocycles. The average Bonchev–Trinajstić information content (AvgIpc) is 2.33. The molecule has 0 radical (unpaired) electrons. The summed E-state index contributed by atoms with van der Waals surface area (Å²) in [5.74, 6) is 1.74. The first-order chi connectivity index (χ1) is 8.19. The number of nitrogens with two attached hydrogens (primary N) is 1. The molecule has 1 rings (SSSR count). The molecule has 0 spiro atoms. The van der Waals surface area contributed by atoms with Crippen LogP contribution in [0.3, 0.4) is 0 Å². The minimum atomic E-state index is 0.790. The highest BCUT2D eigenvalue weighted by molar-refractivity contribution is 4.78. The molecule has 0 amide bonds. The summed E-state index contributed by atoms with van der Waals surface area (Å²) in [6, 6.07) is 0.790. The fourth-order valence-electron chi connectivity index (χ4n) is 3.11. The first-order valence-corrected chi connectivity index (χ1v) is 7.63. The Hall–Kier alpha value is -0.0800. The van der Waals surface area contributed by atoms with E-state index in [0.717, 1.165) is 24.4 Å². The molecule has 1 heterocycles. The van der Waals surface area contributed by atoms with Crippen LogP contribution in [-0.4, -0.2) is 30.6 Å². The van der Waals surface area contributed by atoms with Crippen molar-refractivity contribution < 1.29 is 0 Å². The van der Waals surface area contributed by atoms with Gasteiger partial charge in [-0.1, -0.05) is 20.3 Å². The highest BCUT2D eigenvalue weighted by Crippen LogP contribution is 2.23. The second kappa shape index (κ2) is 8.10. The van der Waals surface area contributed by atoms with E-state index >= 15 is 0 Å². The third-order valence-electron chi connectivity index (χ3n) is 4.71. The zero-order valence-corrected chi connectivity index (χ0v) is 12.1. The topological polar surface area (TPSA) is 29.3 Å². The normalized spacial score (nSPS) is 28.2. The molecule has 0 aromatic heterocycles. The number of hydrogen-bond acceptors (Lipinski definition) is 2. The molecule has 1 saturated heterocycles. The zero-order valence-electron chi connectivity index (χ0n) is 12.1. The molecule has 3 unspecified atom stereocenters. The number of nitrogens with zero attached hydrogens (tertiary/aromatic N) is 1. The Morgan fingerprint density at radius 3 is 2.71 bits per heavy atom. The summed E-state index contributed by atoms with van der Waals surface area (Å²) in [7, 11) is 0. The summed E-state index contributed by atoms with van der Waals surface area (Å²) in [6.07, 6.45) is 8.04. The lowest BCUT2D eigenvalue weighted by atomic mass is 9.91. The highest BCUT2D eigenvalue weighted by atomic mass is 15.2. The molecule has 0 aliphatic carbocycles. The SMILES string of the molecule is CCC(CCN)CCCN1CCCC(C)C1C. The fraction of sp³-hybridized carbons (Fsp3) is 1.00. The zero-order chi connectivity index (χ0) is 12.7. The van der Waals surface area contributed by atoms with E-state index in [2.05, 4.69) is 25.7 Å². The lowest BCUT2D eigenvalue weighted by Crippen LogP contribution is -2.42. The van der Waals surface area contributed by atoms with Gasteiger partial charge in [0.2, 0.25) is 0 Å². The molecule has 3 atom stereocenters. The van der Waals surface area contributed by atoms with Gasteiger partial charge in [0.1, 0.15) is 0 Å². The lowest BCUT2D eigenvalue weighted by Gasteiger charge is -2.38. The molecule has 1 aliphatic heterocycles. The van der Waals surface area contributed by atoms with Gasteiger partial charge in [0.15, 0.2) is 0 Å². The van der Waals surface area contributed by atoms with Gasteiger partial charge in [-0.2, -0.15) is 0 Å². The summed E-state index contributed by atoms with van der Waals surface area (Å²) in [6.45, 7) is 10.6. The minimum Gasteiger partial charge on any atom is -0.330 e. The van der Waals surface area contributed by atoms with Gasteiger partial charge < -0.3 is 10.6 Å². The summed E-state index contributed by atoms with van der Waals surface area (Å²) >= 11 is 0. The highest BCUT2D eigenvalue weighted by Gasteiger charge is 2.23. The van der Waals surface area contributed by atoms with E-state index in [4.69, 9.17) is 5.73 Å². The van der Waals surface area contributed by atoms with E-state index in [9.17, 15) is 0 Å². The van der Waals surface area contributed by atoms with Gasteiger partial charge in [0, 0.05) is 6.04 Å². The van der Waals surface area contributed by atoms with Crippen LogP contribution in [0.15, 0.2) is 0 Å². The van der Waals surface area contributed by atoms with Crippen LogP contribution in [-0.2, 0) is 0 Å². The molecule has 2 N–H and O–H groups in total. The number of piperidine rings is 1. The standard InChI is InChI=1S/C15H32N2/c1-4-15(9-10-16)8-6-12-17-11-5-7-13(2)14(17)3/h13-15H,4-12,16H2,1-3H3. The molecule has 2 heteroatoms. The Balaban J connectivity index is 2.20. The van der Waals surface area contributed by atoms with Crippen molar-refractivity contribution in [3.05, 3.63) is 0 Å². The van der Waals surface area contributed by atoms with Crippen LogP contribution in [0.5, 0.6) is 0 Å². The molecule has 17 heavy (non-hydrogen) atoms. The van der Waals surface area contributed by atoms with E-state index in [-0.39, 0.29) is 0 Å². The fourth-order valence-corrected chi connectivity index (χ4v) is 3.11. The Morgan fingerprint density at radius 1 is 1.29 bits per heavy atom. The van der Waals surface area contributed by atoms with Gasteiger partial charge in [0.05, 0.1) is 0 Å². The van der Waals surface area contributed by atoms with Gasteiger partial charge in [0.25, 0.3) is 0 Å². The van der Waals surface area contributed by atoms with Crippen LogP contribution in [0.1, 0.15) is 59.3 Å². The summed E-state index contributed by atoms with van der Waals surface area (Å²) < 4.78 is 0. The first kappa shape index (κ1) is 15.0. The Kier molecular flexibility index (Phi) is 7.14. The smallest absolute Gasteiger partial charge is 0.00925 e. The number of hydrogen-bond donors (Lipinski definition) is 1. The van der Waals surface area contributed by atoms with Gasteiger partial charge in [-0.05, 0) is 70.5 Å². The molecule has 102 valence electrons. The third kappa shape index (κ3) is 4.97. The van der Waals surface area contributed by atoms with Gasteiger partial charge >= 0.3 is 0 Å². The van der Waals surface area contributed by atoms with Crippen LogP contribution in [0.25, 0.3) is 0 Å². The van der Waals surface area contributed by atoms with Crippen LogP contribution in [0.2, 0.25) is 0 Å². The summed E-state index contributed by atoms with van der Waals surface area (Å²) in [4.78, 5) is 2.70. The second-order valence-corrected chi connectivity index (χ2v) is 5.89. The summed E-state index contributed by atoms with van der Waals surface area (Å²) in [5, 5.41) is 0. The molecule has 0 aromatic rings. The maximum absolute atomic E-state index is 5.65. The second-order valence-electron chi connectivity index (χ2n) is 5.89. The Labute approximate surface area is 108 Å². The van der Waals surface area contributed by atoms with Crippen LogP contribution < -0.4 is 5.73 Å². The van der Waals surface area contributed by atoms with Crippen LogP contribution >= 0.6 is 0 Å². The van der Waals surface area contributed by atoms with Crippen molar-refractivity contribution in [2.45, 2.75) is 65.3 Å². The van der Waals surface area contributed by atoms with E-state index in [1.807, 2.05) is 0 Å². The summed E-state index contributed by atoms with van der Waals surface area (Å²) in [5.41, 5.74) is 5.65. The monoisotopic (exact) mass is 240 g/mol. The lowest BCUT2D eigenvalue weighted by molar-refractivity contribution is 0.110. The maximum Gasteiger partial charge on any atom is 0.00925 e. The maximum atomic E-state index is 5.65. The minimum absolute atomic E-state index is 0.790. The van der Waals surface area contributed by atoms with Crippen molar-refractivity contribution >= 4 is 0 Å². The van der Waals surface area contributed by atoms with Gasteiger partial charge in [-0.3, -0.25) is 0 Å². The van der Waals surface area contributed by atoms with Crippen molar-refractivity contribution in [2.75, 3.05) is 19.6 Å². The van der Waals surface area contributed by atoms with Crippen molar-refractivity contribution in [3.8, 4) is 0 Å². The molecule has 0 bridgehead atoms. The molecule has 1 fully saturated rings. The van der Waals surface area contributed by atoms with Crippen molar-refractivity contribution in [2.24, 2.45) is 17.6 Å². The first-order valence-electron chi connectivity index (χ1n) is 7.63.